The third-order valence-electron chi connectivity index (χ3n) is 6.15. The van der Waals surface area contributed by atoms with E-state index in [2.05, 4.69) is 5.09 Å². The molecule has 0 aliphatic heterocycles. The highest BCUT2D eigenvalue weighted by Crippen LogP contribution is 2.44. The first kappa shape index (κ1) is 40.4. The van der Waals surface area contributed by atoms with Crippen LogP contribution < -0.4 is 5.09 Å². The van der Waals surface area contributed by atoms with Crippen LogP contribution in [0.25, 0.3) is 0 Å². The maximum atomic E-state index is 13.5. The van der Waals surface area contributed by atoms with Crippen molar-refractivity contribution in [3.8, 4) is 0 Å². The quantitative estimate of drug-likeness (QED) is 0.0308. The van der Waals surface area contributed by atoms with Crippen molar-refractivity contribution in [2.45, 2.75) is 110 Å². The van der Waals surface area contributed by atoms with Gasteiger partial charge in [-0.3, -0.25) is 19.5 Å². The molecule has 0 heterocycles. The molecule has 0 fully saturated rings. The van der Waals surface area contributed by atoms with Crippen LogP contribution >= 0.6 is 7.75 Å². The van der Waals surface area contributed by atoms with Crippen molar-refractivity contribution in [1.29, 1.82) is 5.41 Å². The number of carbonyl (C=O) groups is 3. The molecule has 1 unspecified atom stereocenters. The van der Waals surface area contributed by atoms with Crippen molar-refractivity contribution in [3.05, 3.63) is 0 Å². The van der Waals surface area contributed by atoms with Gasteiger partial charge in [-0.15, -0.1) is 0 Å². The summed E-state index contributed by atoms with van der Waals surface area (Å²) in [5, 5.41) is 20.4. The van der Waals surface area contributed by atoms with Gasteiger partial charge in [-0.1, -0.05) is 59.3 Å². The van der Waals surface area contributed by atoms with Gasteiger partial charge in [0.05, 0.1) is 39.6 Å². The molecule has 0 amide bonds. The van der Waals surface area contributed by atoms with E-state index in [4.69, 9.17) is 33.4 Å². The number of carboxylic acid groups (broad SMARTS) is 1. The lowest BCUT2D eigenvalue weighted by Crippen LogP contribution is -2.47. The predicted octanol–water partition coefficient (Wildman–Crippen LogP) is 6.47. The topological polar surface area (TPSA) is 183 Å². The molecule has 0 aliphatic carbocycles. The van der Waals surface area contributed by atoms with Gasteiger partial charge in [0.2, 0.25) is 5.96 Å². The third-order valence-corrected chi connectivity index (χ3v) is 7.69. The van der Waals surface area contributed by atoms with Crippen LogP contribution in [0.3, 0.4) is 0 Å². The second-order valence-electron chi connectivity index (χ2n) is 9.95. The highest BCUT2D eigenvalue weighted by molar-refractivity contribution is 7.52. The largest absolute Gasteiger partial charge is 0.508 e. The molecule has 0 aromatic carbocycles. The number of nitrogens with one attached hydrogen (secondary N) is 2. The Balaban J connectivity index is 4.81. The zero-order valence-corrected chi connectivity index (χ0v) is 27.3. The predicted molar refractivity (Wildman–Crippen MR) is 161 cm³/mol. The lowest BCUT2D eigenvalue weighted by atomic mass is 10.1. The number of guanidine groups is 1. The summed E-state index contributed by atoms with van der Waals surface area (Å²) in [4.78, 5) is 36.1. The first-order valence-electron chi connectivity index (χ1n) is 15.4. The molecule has 0 spiro atoms. The molecular weight excluding hydrogens is 585 g/mol. The molecular formula is C28H54N3O11P. The Morgan fingerprint density at radius 2 is 1.07 bits per heavy atom. The van der Waals surface area contributed by atoms with Gasteiger partial charge in [0.15, 0.2) is 0 Å². The molecule has 15 heteroatoms. The Hall–Kier alpha value is -2.57. The van der Waals surface area contributed by atoms with E-state index in [0.29, 0.717) is 51.7 Å². The summed E-state index contributed by atoms with van der Waals surface area (Å²) in [7, 11) is -2.66. The maximum absolute atomic E-state index is 13.5. The molecule has 252 valence electrons. The van der Waals surface area contributed by atoms with Crippen molar-refractivity contribution in [2.24, 2.45) is 0 Å². The number of rotatable bonds is 26. The summed E-state index contributed by atoms with van der Waals surface area (Å²) in [6.07, 6.45) is 7.29. The fourth-order valence-electron chi connectivity index (χ4n) is 3.53. The second-order valence-corrected chi connectivity index (χ2v) is 11.7. The molecule has 0 rings (SSSR count). The van der Waals surface area contributed by atoms with Crippen molar-refractivity contribution in [2.75, 3.05) is 46.7 Å². The van der Waals surface area contributed by atoms with Crippen LogP contribution in [0.2, 0.25) is 0 Å². The molecule has 0 bridgehead atoms. The van der Waals surface area contributed by atoms with E-state index in [1.54, 1.807) is 0 Å². The van der Waals surface area contributed by atoms with Crippen LogP contribution in [0.1, 0.15) is 104 Å². The zero-order valence-electron chi connectivity index (χ0n) is 26.4. The van der Waals surface area contributed by atoms with E-state index < -0.39 is 38.0 Å². The summed E-state index contributed by atoms with van der Waals surface area (Å²) in [6, 6.07) is -0.994. The first-order valence-corrected chi connectivity index (χ1v) is 16.9. The summed E-state index contributed by atoms with van der Waals surface area (Å²) in [5.74, 6) is -1.53. The Bertz CT molecular complexity index is 792. The van der Waals surface area contributed by atoms with Crippen LogP contribution in [-0.4, -0.2) is 87.0 Å². The molecule has 3 N–H and O–H groups in total. The summed E-state index contributed by atoms with van der Waals surface area (Å²) in [5.41, 5.74) is 0. The van der Waals surface area contributed by atoms with Crippen molar-refractivity contribution in [1.82, 2.24) is 9.99 Å². The smallest absolute Gasteiger partial charge is 0.480 e. The van der Waals surface area contributed by atoms with Crippen LogP contribution in [0, 0.1) is 5.41 Å². The summed E-state index contributed by atoms with van der Waals surface area (Å²) in [6.45, 7) is 6.74. The monoisotopic (exact) mass is 639 g/mol. The average molecular weight is 640 g/mol. The third kappa shape index (κ3) is 21.7. The van der Waals surface area contributed by atoms with E-state index in [-0.39, 0.29) is 26.4 Å². The lowest BCUT2D eigenvalue weighted by Gasteiger charge is -2.29. The minimum absolute atomic E-state index is 0.0403. The molecule has 0 saturated heterocycles. The fourth-order valence-corrected chi connectivity index (χ4v) is 4.89. The number of hydrogen-bond acceptors (Lipinski definition) is 11. The van der Waals surface area contributed by atoms with Crippen molar-refractivity contribution < 1.29 is 52.1 Å². The molecule has 0 radical (unpaired) electrons. The number of unbranched alkanes of at least 4 members (excludes halogenated alkanes) is 7. The highest BCUT2D eigenvalue weighted by Gasteiger charge is 2.31. The Kier molecular flexibility index (Phi) is 24.3. The Labute approximate surface area is 256 Å². The van der Waals surface area contributed by atoms with Gasteiger partial charge in [-0.2, -0.15) is 0 Å². The first-order chi connectivity index (χ1) is 20.6. The Morgan fingerprint density at radius 3 is 1.44 bits per heavy atom. The SMILES string of the molecule is CCCCCOC(=O)OCCCCOP(=O)(NC(=N)N(C)C(CCCC)C(=O)O)OCCCCOC(=O)OCCCCC. The van der Waals surface area contributed by atoms with E-state index >= 15 is 0 Å². The molecule has 1 atom stereocenters. The van der Waals surface area contributed by atoms with Crippen molar-refractivity contribution in [3.63, 3.8) is 0 Å². The number of carbonyl (C=O) groups excluding carboxylic acids is 2. The molecule has 0 saturated carbocycles. The minimum atomic E-state index is -4.08. The summed E-state index contributed by atoms with van der Waals surface area (Å²) >= 11 is 0. The zero-order chi connectivity index (χ0) is 32.3. The number of likely N-dealkylation sites (N-methyl/N-ethyl adjacent to an activating group) is 1. The standard InChI is InChI=1S/C28H54N3O11P/c1-5-8-11-18-37-27(34)39-20-13-15-22-41-43(36,30-26(29)31(4)24(25(32)33)17-10-7-3)42-23-16-14-21-40-28(35)38-19-12-9-6-2/h24H,5-23H2,1-4H3,(H,32,33)(H2,29,30,36). The van der Waals surface area contributed by atoms with Gasteiger partial charge in [0.1, 0.15) is 6.04 Å². The normalized spacial score (nSPS) is 11.8. The van der Waals surface area contributed by atoms with E-state index in [1.165, 1.54) is 11.9 Å². The van der Waals surface area contributed by atoms with Gasteiger partial charge in [-0.25, -0.2) is 18.9 Å². The molecule has 0 aromatic heterocycles. The number of hydrogen-bond donors (Lipinski definition) is 3. The van der Waals surface area contributed by atoms with Crippen LogP contribution in [-0.2, 0) is 37.4 Å². The fraction of sp³-hybridized carbons (Fsp3) is 0.857. The van der Waals surface area contributed by atoms with E-state index in [0.717, 1.165) is 44.9 Å². The molecule has 14 nitrogen and oxygen atoms in total. The highest BCUT2D eigenvalue weighted by atomic mass is 31.2. The number of aliphatic carboxylic acids is 1. The maximum Gasteiger partial charge on any atom is 0.508 e. The second kappa shape index (κ2) is 25.9. The molecule has 43 heavy (non-hydrogen) atoms. The molecule has 0 aliphatic rings. The van der Waals surface area contributed by atoms with E-state index in [1.807, 2.05) is 20.8 Å². The van der Waals surface area contributed by atoms with Crippen LogP contribution in [0.15, 0.2) is 0 Å². The van der Waals surface area contributed by atoms with Gasteiger partial charge in [0, 0.05) is 7.05 Å². The van der Waals surface area contributed by atoms with Crippen LogP contribution in [0.5, 0.6) is 0 Å². The minimum Gasteiger partial charge on any atom is -0.480 e. The van der Waals surface area contributed by atoms with Gasteiger partial charge in [0.25, 0.3) is 0 Å². The number of carboxylic acids is 1. The molecule has 0 aromatic rings. The van der Waals surface area contributed by atoms with E-state index in [9.17, 15) is 24.1 Å². The average Bonchev–Trinajstić information content (AvgIpc) is 2.97. The number of nitrogens with zero attached hydrogens (tertiary/aromatic N) is 1. The number of ether oxygens (including phenoxy) is 4. The van der Waals surface area contributed by atoms with Crippen LogP contribution in [0.4, 0.5) is 9.59 Å². The lowest BCUT2D eigenvalue weighted by molar-refractivity contribution is -0.141. The van der Waals surface area contributed by atoms with Gasteiger partial charge in [-0.05, 0) is 44.9 Å². The Morgan fingerprint density at radius 1 is 0.698 bits per heavy atom. The summed E-state index contributed by atoms with van der Waals surface area (Å²) < 4.78 is 44.5. The van der Waals surface area contributed by atoms with Gasteiger partial charge < -0.3 is 29.0 Å². The van der Waals surface area contributed by atoms with Gasteiger partial charge >= 0.3 is 26.0 Å². The van der Waals surface area contributed by atoms with Crippen molar-refractivity contribution >= 4 is 32.0 Å².